The number of aromatic nitrogens is 2. The van der Waals surface area contributed by atoms with Crippen LogP contribution in [0.25, 0.3) is 0 Å². The summed E-state index contributed by atoms with van der Waals surface area (Å²) >= 11 is 1.69. The number of rotatable bonds is 5. The monoisotopic (exact) mass is 236 g/mol. The van der Waals surface area contributed by atoms with Crippen LogP contribution in [0.3, 0.4) is 0 Å². The maximum atomic E-state index is 9.97. The number of nitrogens with zero attached hydrogens (tertiary/aromatic N) is 2. The Morgan fingerprint density at radius 2 is 2.38 bits per heavy atom. The Morgan fingerprint density at radius 1 is 1.50 bits per heavy atom. The largest absolute Gasteiger partial charge is 0.392 e. The third kappa shape index (κ3) is 2.71. The second-order valence-electron chi connectivity index (χ2n) is 3.77. The van der Waals surface area contributed by atoms with E-state index in [1.54, 1.807) is 17.5 Å². The van der Waals surface area contributed by atoms with Gasteiger partial charge in [-0.2, -0.15) is 0 Å². The number of aliphatic hydroxyl groups excluding tert-OH is 1. The zero-order valence-corrected chi connectivity index (χ0v) is 10.2. The van der Waals surface area contributed by atoms with Crippen molar-refractivity contribution in [1.82, 2.24) is 9.55 Å². The van der Waals surface area contributed by atoms with Gasteiger partial charge in [0.15, 0.2) is 0 Å². The molecule has 1 atom stereocenters. The number of hydrogen-bond donors (Lipinski definition) is 1. The van der Waals surface area contributed by atoms with Crippen LogP contribution < -0.4 is 0 Å². The summed E-state index contributed by atoms with van der Waals surface area (Å²) in [7, 11) is 0. The SMILES string of the molecule is CCn1ccnc1CC(O)Cc1cccs1. The summed E-state index contributed by atoms with van der Waals surface area (Å²) in [6.45, 7) is 2.98. The van der Waals surface area contributed by atoms with Crippen molar-refractivity contribution < 1.29 is 5.11 Å². The zero-order chi connectivity index (χ0) is 11.4. The van der Waals surface area contributed by atoms with Crippen molar-refractivity contribution in [3.05, 3.63) is 40.6 Å². The molecule has 1 N–H and O–H groups in total. The summed E-state index contributed by atoms with van der Waals surface area (Å²) in [5.41, 5.74) is 0. The lowest BCUT2D eigenvalue weighted by atomic mass is 10.1. The molecule has 86 valence electrons. The van der Waals surface area contributed by atoms with Crippen molar-refractivity contribution in [2.45, 2.75) is 32.4 Å². The average Bonchev–Trinajstić information content (AvgIpc) is 2.88. The van der Waals surface area contributed by atoms with Crippen LogP contribution in [0.15, 0.2) is 29.9 Å². The van der Waals surface area contributed by atoms with E-state index in [0.29, 0.717) is 12.8 Å². The average molecular weight is 236 g/mol. The third-order valence-electron chi connectivity index (χ3n) is 2.58. The summed E-state index contributed by atoms with van der Waals surface area (Å²) in [6, 6.07) is 4.07. The molecule has 0 radical (unpaired) electrons. The van der Waals surface area contributed by atoms with Gasteiger partial charge < -0.3 is 9.67 Å². The first-order chi connectivity index (χ1) is 7.79. The minimum Gasteiger partial charge on any atom is -0.392 e. The third-order valence-corrected chi connectivity index (χ3v) is 3.48. The van der Waals surface area contributed by atoms with Crippen LogP contribution in [0.4, 0.5) is 0 Å². The topological polar surface area (TPSA) is 38.0 Å². The first-order valence-electron chi connectivity index (χ1n) is 5.50. The fourth-order valence-corrected chi connectivity index (χ4v) is 2.54. The van der Waals surface area contributed by atoms with Crippen molar-refractivity contribution in [3.8, 4) is 0 Å². The van der Waals surface area contributed by atoms with Crippen LogP contribution in [-0.2, 0) is 19.4 Å². The highest BCUT2D eigenvalue weighted by molar-refractivity contribution is 7.09. The molecule has 3 nitrogen and oxygen atoms in total. The highest BCUT2D eigenvalue weighted by Crippen LogP contribution is 2.13. The zero-order valence-electron chi connectivity index (χ0n) is 9.34. The van der Waals surface area contributed by atoms with Gasteiger partial charge >= 0.3 is 0 Å². The van der Waals surface area contributed by atoms with Gasteiger partial charge in [0.05, 0.1) is 6.10 Å². The molecule has 2 aromatic heterocycles. The van der Waals surface area contributed by atoms with Crippen molar-refractivity contribution in [2.24, 2.45) is 0 Å². The lowest BCUT2D eigenvalue weighted by Gasteiger charge is -2.10. The molecule has 0 saturated heterocycles. The van der Waals surface area contributed by atoms with E-state index >= 15 is 0 Å². The lowest BCUT2D eigenvalue weighted by Crippen LogP contribution is -2.16. The van der Waals surface area contributed by atoms with E-state index in [9.17, 15) is 5.11 Å². The number of thiophene rings is 1. The maximum absolute atomic E-state index is 9.97. The molecule has 1 unspecified atom stereocenters. The molecule has 0 spiro atoms. The number of imidazole rings is 1. The van der Waals surface area contributed by atoms with Crippen LogP contribution in [0.1, 0.15) is 17.6 Å². The van der Waals surface area contributed by atoms with Gasteiger partial charge in [0.1, 0.15) is 5.82 Å². The molecule has 0 amide bonds. The Hall–Kier alpha value is -1.13. The molecule has 2 rings (SSSR count). The van der Waals surface area contributed by atoms with Crippen LogP contribution in [0.5, 0.6) is 0 Å². The second kappa shape index (κ2) is 5.27. The summed E-state index contributed by atoms with van der Waals surface area (Å²) in [5.74, 6) is 0.964. The van der Waals surface area contributed by atoms with Gasteiger partial charge in [-0.05, 0) is 18.4 Å². The van der Waals surface area contributed by atoms with Crippen LogP contribution >= 0.6 is 11.3 Å². The molecule has 4 heteroatoms. The van der Waals surface area contributed by atoms with Gasteiger partial charge in [0, 0.05) is 36.7 Å². The summed E-state index contributed by atoms with van der Waals surface area (Å²) in [4.78, 5) is 5.49. The quantitative estimate of drug-likeness (QED) is 0.863. The van der Waals surface area contributed by atoms with Crippen molar-refractivity contribution in [1.29, 1.82) is 0 Å². The van der Waals surface area contributed by atoms with E-state index in [1.807, 2.05) is 17.6 Å². The fourth-order valence-electron chi connectivity index (χ4n) is 1.76. The standard InChI is InChI=1S/C12H16N2OS/c1-2-14-6-5-13-12(14)9-10(15)8-11-4-3-7-16-11/h3-7,10,15H,2,8-9H2,1H3. The molecule has 16 heavy (non-hydrogen) atoms. The molecule has 0 aliphatic heterocycles. The molecule has 2 heterocycles. The van der Waals surface area contributed by atoms with E-state index < -0.39 is 0 Å². The van der Waals surface area contributed by atoms with Gasteiger partial charge in [-0.1, -0.05) is 6.07 Å². The molecule has 2 aromatic rings. The molecule has 0 aliphatic carbocycles. The molecular weight excluding hydrogens is 220 g/mol. The van der Waals surface area contributed by atoms with Crippen molar-refractivity contribution >= 4 is 11.3 Å². The highest BCUT2D eigenvalue weighted by atomic mass is 32.1. The van der Waals surface area contributed by atoms with Gasteiger partial charge in [0.25, 0.3) is 0 Å². The molecule has 0 aromatic carbocycles. The number of hydrogen-bond acceptors (Lipinski definition) is 3. The van der Waals surface area contributed by atoms with Crippen LogP contribution in [-0.4, -0.2) is 20.8 Å². The maximum Gasteiger partial charge on any atom is 0.111 e. The van der Waals surface area contributed by atoms with E-state index in [4.69, 9.17) is 0 Å². The van der Waals surface area contributed by atoms with E-state index in [1.165, 1.54) is 4.88 Å². The Bertz CT molecular complexity index is 422. The molecule has 0 saturated carbocycles. The van der Waals surface area contributed by atoms with Gasteiger partial charge in [-0.3, -0.25) is 0 Å². The summed E-state index contributed by atoms with van der Waals surface area (Å²) < 4.78 is 2.07. The first kappa shape index (κ1) is 11.4. The fraction of sp³-hybridized carbons (Fsp3) is 0.417. The van der Waals surface area contributed by atoms with Gasteiger partial charge in [-0.15, -0.1) is 11.3 Å². The number of aliphatic hydroxyl groups is 1. The molecule has 0 aliphatic rings. The summed E-state index contributed by atoms with van der Waals surface area (Å²) in [6.07, 6.45) is 4.74. The number of aryl methyl sites for hydroxylation is 1. The Balaban J connectivity index is 1.94. The van der Waals surface area contributed by atoms with Crippen LogP contribution in [0, 0.1) is 0 Å². The van der Waals surface area contributed by atoms with Gasteiger partial charge in [0.2, 0.25) is 0 Å². The van der Waals surface area contributed by atoms with Crippen molar-refractivity contribution in [2.75, 3.05) is 0 Å². The van der Waals surface area contributed by atoms with Crippen LogP contribution in [0.2, 0.25) is 0 Å². The Kier molecular flexibility index (Phi) is 3.74. The predicted octanol–water partition coefficient (Wildman–Crippen LogP) is 2.11. The van der Waals surface area contributed by atoms with E-state index in [0.717, 1.165) is 12.4 Å². The highest BCUT2D eigenvalue weighted by Gasteiger charge is 2.10. The first-order valence-corrected chi connectivity index (χ1v) is 6.38. The molecular formula is C12H16N2OS. The molecule has 0 bridgehead atoms. The minimum absolute atomic E-state index is 0.341. The normalized spacial score (nSPS) is 12.9. The Morgan fingerprint density at radius 3 is 3.06 bits per heavy atom. The van der Waals surface area contributed by atoms with Crippen molar-refractivity contribution in [3.63, 3.8) is 0 Å². The summed E-state index contributed by atoms with van der Waals surface area (Å²) in [5, 5.41) is 12.0. The molecule has 0 fully saturated rings. The Labute approximate surface area is 99.4 Å². The second-order valence-corrected chi connectivity index (χ2v) is 4.80. The smallest absolute Gasteiger partial charge is 0.111 e. The van der Waals surface area contributed by atoms with Gasteiger partial charge in [-0.25, -0.2) is 4.98 Å². The van der Waals surface area contributed by atoms with E-state index in [-0.39, 0.29) is 6.10 Å². The minimum atomic E-state index is -0.341. The lowest BCUT2D eigenvalue weighted by molar-refractivity contribution is 0.172. The predicted molar refractivity (Wildman–Crippen MR) is 65.6 cm³/mol. The van der Waals surface area contributed by atoms with E-state index in [2.05, 4.69) is 22.5 Å².